The second-order valence-electron chi connectivity index (χ2n) is 4.11. The fourth-order valence-electron chi connectivity index (χ4n) is 1.44. The van der Waals surface area contributed by atoms with Gasteiger partial charge in [0.05, 0.1) is 0 Å². The Morgan fingerprint density at radius 3 is 2.56 bits per heavy atom. The molecular weight excluding hydrogens is 271 g/mol. The Hall–Kier alpha value is -1.38. The number of carbonyl (C=O) groups is 1. The van der Waals surface area contributed by atoms with Gasteiger partial charge in [-0.25, -0.2) is 0 Å². The van der Waals surface area contributed by atoms with Crippen molar-refractivity contribution in [1.82, 2.24) is 10.2 Å². The average molecular weight is 281 g/mol. The fraction of sp³-hybridized carbons (Fsp3) is 0.667. The highest BCUT2D eigenvalue weighted by Crippen LogP contribution is 2.36. The Labute approximate surface area is 104 Å². The molecule has 0 amide bonds. The van der Waals surface area contributed by atoms with Crippen LogP contribution in [0.3, 0.4) is 0 Å². The molecule has 0 unspecified atom stereocenters. The SMILES string of the molecule is O=C(O)CN(CC1CC1)c1nnc(C(F)(F)F)s1. The summed E-state index contributed by atoms with van der Waals surface area (Å²) in [6, 6.07) is 0. The molecule has 0 radical (unpaired) electrons. The van der Waals surface area contributed by atoms with Crippen molar-refractivity contribution in [3.63, 3.8) is 0 Å². The number of rotatable bonds is 5. The number of aliphatic carboxylic acids is 1. The normalized spacial score (nSPS) is 15.7. The van der Waals surface area contributed by atoms with E-state index in [4.69, 9.17) is 5.11 Å². The van der Waals surface area contributed by atoms with Gasteiger partial charge >= 0.3 is 12.1 Å². The van der Waals surface area contributed by atoms with Gasteiger partial charge in [-0.05, 0) is 18.8 Å². The van der Waals surface area contributed by atoms with Crippen LogP contribution in [0, 0.1) is 5.92 Å². The van der Waals surface area contributed by atoms with E-state index < -0.39 is 17.2 Å². The summed E-state index contributed by atoms with van der Waals surface area (Å²) >= 11 is 0.375. The Kier molecular flexibility index (Phi) is 3.42. The summed E-state index contributed by atoms with van der Waals surface area (Å²) in [4.78, 5) is 12.0. The molecule has 1 N–H and O–H groups in total. The third-order valence-corrected chi connectivity index (χ3v) is 3.46. The molecule has 0 atom stereocenters. The first-order valence-electron chi connectivity index (χ1n) is 5.23. The Morgan fingerprint density at radius 1 is 1.44 bits per heavy atom. The number of nitrogens with zero attached hydrogens (tertiary/aromatic N) is 3. The van der Waals surface area contributed by atoms with Gasteiger partial charge in [0.2, 0.25) is 10.1 Å². The number of carboxylic acids is 1. The summed E-state index contributed by atoms with van der Waals surface area (Å²) in [6.07, 6.45) is -2.59. The molecule has 18 heavy (non-hydrogen) atoms. The van der Waals surface area contributed by atoms with Crippen molar-refractivity contribution in [2.75, 3.05) is 18.0 Å². The summed E-state index contributed by atoms with van der Waals surface area (Å²) in [7, 11) is 0. The molecule has 0 aromatic carbocycles. The Morgan fingerprint density at radius 2 is 2.11 bits per heavy atom. The lowest BCUT2D eigenvalue weighted by Gasteiger charge is -2.18. The standard InChI is InChI=1S/C9H10F3N3O2S/c10-9(11,12)7-13-14-8(18-7)15(4-6(16)17)3-5-1-2-5/h5H,1-4H2,(H,16,17). The monoisotopic (exact) mass is 281 g/mol. The van der Waals surface area contributed by atoms with Gasteiger partial charge in [0.1, 0.15) is 6.54 Å². The molecule has 2 rings (SSSR count). The minimum atomic E-state index is -4.54. The van der Waals surface area contributed by atoms with E-state index in [0.717, 1.165) is 12.8 Å². The van der Waals surface area contributed by atoms with Crippen LogP contribution in [0.2, 0.25) is 0 Å². The van der Waals surface area contributed by atoms with E-state index in [0.29, 0.717) is 23.8 Å². The van der Waals surface area contributed by atoms with Crippen LogP contribution in [0.15, 0.2) is 0 Å². The van der Waals surface area contributed by atoms with Crippen molar-refractivity contribution in [3.05, 3.63) is 5.01 Å². The van der Waals surface area contributed by atoms with Crippen LogP contribution in [0.25, 0.3) is 0 Å². The highest BCUT2D eigenvalue weighted by Gasteiger charge is 2.37. The van der Waals surface area contributed by atoms with Gasteiger partial charge < -0.3 is 10.0 Å². The zero-order chi connectivity index (χ0) is 13.3. The van der Waals surface area contributed by atoms with Gasteiger partial charge in [-0.3, -0.25) is 4.79 Å². The van der Waals surface area contributed by atoms with Gasteiger partial charge in [-0.1, -0.05) is 11.3 Å². The zero-order valence-corrected chi connectivity index (χ0v) is 9.96. The molecule has 1 aliphatic carbocycles. The maximum Gasteiger partial charge on any atom is 0.445 e. The number of anilines is 1. The highest BCUT2D eigenvalue weighted by atomic mass is 32.1. The van der Waals surface area contributed by atoms with Crippen LogP contribution in [-0.2, 0) is 11.0 Å². The number of alkyl halides is 3. The van der Waals surface area contributed by atoms with Crippen molar-refractivity contribution < 1.29 is 23.1 Å². The maximum atomic E-state index is 12.4. The first-order valence-corrected chi connectivity index (χ1v) is 6.05. The van der Waals surface area contributed by atoms with Crippen LogP contribution in [0.1, 0.15) is 17.8 Å². The molecular formula is C9H10F3N3O2S. The fourth-order valence-corrected chi connectivity index (χ4v) is 2.16. The summed E-state index contributed by atoms with van der Waals surface area (Å²) in [6.45, 7) is 0.0573. The van der Waals surface area contributed by atoms with Gasteiger partial charge in [0, 0.05) is 6.54 Å². The molecule has 0 saturated heterocycles. The lowest BCUT2D eigenvalue weighted by atomic mass is 10.4. The predicted molar refractivity (Wildman–Crippen MR) is 57.5 cm³/mol. The number of halogens is 3. The summed E-state index contributed by atoms with van der Waals surface area (Å²) in [5.41, 5.74) is 0. The molecule has 5 nitrogen and oxygen atoms in total. The maximum absolute atomic E-state index is 12.4. The molecule has 1 saturated carbocycles. The molecule has 1 aliphatic rings. The molecule has 9 heteroatoms. The van der Waals surface area contributed by atoms with Crippen molar-refractivity contribution in [1.29, 1.82) is 0 Å². The van der Waals surface area contributed by atoms with Crippen LogP contribution in [0.4, 0.5) is 18.3 Å². The minimum Gasteiger partial charge on any atom is -0.480 e. The van der Waals surface area contributed by atoms with E-state index in [-0.39, 0.29) is 11.7 Å². The predicted octanol–water partition coefficient (Wildman–Crippen LogP) is 1.86. The Balaban J connectivity index is 2.13. The number of aromatic nitrogens is 2. The first kappa shape index (κ1) is 13.1. The minimum absolute atomic E-state index is 0.0108. The largest absolute Gasteiger partial charge is 0.480 e. The molecule has 0 spiro atoms. The van der Waals surface area contributed by atoms with Gasteiger partial charge in [-0.2, -0.15) is 13.2 Å². The molecule has 0 bridgehead atoms. The van der Waals surface area contributed by atoms with E-state index in [2.05, 4.69) is 10.2 Å². The molecule has 1 aromatic heterocycles. The zero-order valence-electron chi connectivity index (χ0n) is 9.15. The van der Waals surface area contributed by atoms with Crippen molar-refractivity contribution >= 4 is 22.4 Å². The summed E-state index contributed by atoms with van der Waals surface area (Å²) in [5, 5.41) is 14.2. The van der Waals surface area contributed by atoms with Crippen LogP contribution in [0.5, 0.6) is 0 Å². The second kappa shape index (κ2) is 4.71. The van der Waals surface area contributed by atoms with Crippen LogP contribution in [-0.4, -0.2) is 34.4 Å². The molecule has 1 aromatic rings. The van der Waals surface area contributed by atoms with Gasteiger partial charge in [0.25, 0.3) is 0 Å². The number of hydrogen-bond donors (Lipinski definition) is 1. The second-order valence-corrected chi connectivity index (χ2v) is 5.06. The van der Waals surface area contributed by atoms with Gasteiger partial charge in [-0.15, -0.1) is 10.2 Å². The van der Waals surface area contributed by atoms with E-state index in [1.54, 1.807) is 0 Å². The van der Waals surface area contributed by atoms with Crippen molar-refractivity contribution in [3.8, 4) is 0 Å². The van der Waals surface area contributed by atoms with Gasteiger partial charge in [0.15, 0.2) is 0 Å². The molecule has 1 fully saturated rings. The lowest BCUT2D eigenvalue weighted by Crippen LogP contribution is -2.31. The summed E-state index contributed by atoms with van der Waals surface area (Å²) in [5.74, 6) is -0.748. The van der Waals surface area contributed by atoms with E-state index in [1.807, 2.05) is 0 Å². The van der Waals surface area contributed by atoms with Crippen molar-refractivity contribution in [2.45, 2.75) is 19.0 Å². The first-order chi connectivity index (χ1) is 8.36. The van der Waals surface area contributed by atoms with E-state index in [1.165, 1.54) is 4.90 Å². The van der Waals surface area contributed by atoms with Crippen molar-refractivity contribution in [2.24, 2.45) is 5.92 Å². The topological polar surface area (TPSA) is 66.3 Å². The third-order valence-electron chi connectivity index (χ3n) is 2.43. The van der Waals surface area contributed by atoms with E-state index >= 15 is 0 Å². The smallest absolute Gasteiger partial charge is 0.445 e. The van der Waals surface area contributed by atoms with E-state index in [9.17, 15) is 18.0 Å². The molecule has 0 aliphatic heterocycles. The highest BCUT2D eigenvalue weighted by molar-refractivity contribution is 7.15. The van der Waals surface area contributed by atoms with Crippen LogP contribution < -0.4 is 4.90 Å². The molecule has 1 heterocycles. The van der Waals surface area contributed by atoms with Crippen LogP contribution >= 0.6 is 11.3 Å². The molecule has 100 valence electrons. The number of hydrogen-bond acceptors (Lipinski definition) is 5. The average Bonchev–Trinajstić information content (AvgIpc) is 2.90. The quantitative estimate of drug-likeness (QED) is 0.892. The lowest BCUT2D eigenvalue weighted by molar-refractivity contribution is -0.138. The third kappa shape index (κ3) is 3.31. The number of carboxylic acid groups (broad SMARTS) is 1. The Bertz CT molecular complexity index is 445. The summed E-state index contributed by atoms with van der Waals surface area (Å²) < 4.78 is 37.1.